The van der Waals surface area contributed by atoms with Crippen molar-refractivity contribution in [3.63, 3.8) is 0 Å². The van der Waals surface area contributed by atoms with Gasteiger partial charge in [-0.2, -0.15) is 0 Å². The van der Waals surface area contributed by atoms with Crippen molar-refractivity contribution in [3.05, 3.63) is 35.4 Å². The van der Waals surface area contributed by atoms with Gasteiger partial charge in [0, 0.05) is 23.4 Å². The first-order chi connectivity index (χ1) is 9.60. The predicted octanol–water partition coefficient (Wildman–Crippen LogP) is 2.20. The van der Waals surface area contributed by atoms with Gasteiger partial charge in [0.05, 0.1) is 0 Å². The second-order valence-corrected chi connectivity index (χ2v) is 5.53. The standard InChI is InChI=1S/C15H19ClN2O2/c16-9-10-2-1-3-12(8-10)15(20)18-13-6-4-11(5-7-13)14(17)19/h1-3,8,11,13H,4-7,9H2,(H2,17,19)(H,18,20). The van der Waals surface area contributed by atoms with Crippen LogP contribution in [0.25, 0.3) is 0 Å². The summed E-state index contributed by atoms with van der Waals surface area (Å²) < 4.78 is 0. The molecule has 3 N–H and O–H groups in total. The number of alkyl halides is 1. The van der Waals surface area contributed by atoms with Crippen LogP contribution in [-0.2, 0) is 10.7 Å². The number of rotatable bonds is 4. The molecule has 1 aromatic carbocycles. The van der Waals surface area contributed by atoms with Crippen molar-refractivity contribution in [2.75, 3.05) is 0 Å². The van der Waals surface area contributed by atoms with Crippen molar-refractivity contribution in [2.45, 2.75) is 37.6 Å². The second kappa shape index (κ2) is 6.75. The van der Waals surface area contributed by atoms with Crippen molar-refractivity contribution in [1.29, 1.82) is 0 Å². The third-order valence-electron chi connectivity index (χ3n) is 3.81. The van der Waals surface area contributed by atoms with E-state index in [-0.39, 0.29) is 23.8 Å². The van der Waals surface area contributed by atoms with Crippen LogP contribution in [0.5, 0.6) is 0 Å². The lowest BCUT2D eigenvalue weighted by Crippen LogP contribution is -2.39. The zero-order chi connectivity index (χ0) is 14.5. The molecule has 0 bridgehead atoms. The third kappa shape index (κ3) is 3.73. The largest absolute Gasteiger partial charge is 0.369 e. The van der Waals surface area contributed by atoms with E-state index in [2.05, 4.69) is 5.32 Å². The van der Waals surface area contributed by atoms with Gasteiger partial charge in [-0.3, -0.25) is 9.59 Å². The Morgan fingerprint density at radius 2 is 1.95 bits per heavy atom. The predicted molar refractivity (Wildman–Crippen MR) is 78.4 cm³/mol. The topological polar surface area (TPSA) is 72.2 Å². The summed E-state index contributed by atoms with van der Waals surface area (Å²) in [5.41, 5.74) is 6.85. The molecule has 0 atom stereocenters. The minimum Gasteiger partial charge on any atom is -0.369 e. The summed E-state index contributed by atoms with van der Waals surface area (Å²) in [4.78, 5) is 23.2. The van der Waals surface area contributed by atoms with Gasteiger partial charge in [0.1, 0.15) is 0 Å². The summed E-state index contributed by atoms with van der Waals surface area (Å²) in [7, 11) is 0. The van der Waals surface area contributed by atoms with Gasteiger partial charge in [-0.25, -0.2) is 0 Å². The summed E-state index contributed by atoms with van der Waals surface area (Å²) in [6, 6.07) is 7.42. The molecule has 1 aliphatic carbocycles. The van der Waals surface area contributed by atoms with E-state index >= 15 is 0 Å². The fraction of sp³-hybridized carbons (Fsp3) is 0.467. The van der Waals surface area contributed by atoms with Crippen LogP contribution in [-0.4, -0.2) is 17.9 Å². The van der Waals surface area contributed by atoms with Gasteiger partial charge in [0.25, 0.3) is 5.91 Å². The molecule has 1 fully saturated rings. The number of primary amides is 1. The quantitative estimate of drug-likeness (QED) is 0.836. The molecular formula is C15H19ClN2O2. The molecule has 108 valence electrons. The molecule has 0 unspecified atom stereocenters. The average molecular weight is 295 g/mol. The number of carbonyl (C=O) groups is 2. The van der Waals surface area contributed by atoms with E-state index < -0.39 is 0 Å². The maximum Gasteiger partial charge on any atom is 0.251 e. The molecule has 1 saturated carbocycles. The number of halogens is 1. The molecule has 1 aliphatic rings. The molecule has 1 aromatic rings. The van der Waals surface area contributed by atoms with Crippen LogP contribution in [0.1, 0.15) is 41.6 Å². The SMILES string of the molecule is NC(=O)C1CCC(NC(=O)c2cccc(CCl)c2)CC1. The Hall–Kier alpha value is -1.55. The Morgan fingerprint density at radius 3 is 2.55 bits per heavy atom. The summed E-state index contributed by atoms with van der Waals surface area (Å²) in [5.74, 6) is 0.0389. The fourth-order valence-electron chi connectivity index (χ4n) is 2.59. The van der Waals surface area contributed by atoms with Crippen molar-refractivity contribution in [2.24, 2.45) is 11.7 Å². The highest BCUT2D eigenvalue weighted by Gasteiger charge is 2.25. The van der Waals surface area contributed by atoms with Gasteiger partial charge < -0.3 is 11.1 Å². The lowest BCUT2D eigenvalue weighted by atomic mass is 9.85. The van der Waals surface area contributed by atoms with Crippen LogP contribution in [0.4, 0.5) is 0 Å². The Labute approximate surface area is 123 Å². The number of hydrogen-bond acceptors (Lipinski definition) is 2. The minimum absolute atomic E-state index is 0.0391. The zero-order valence-electron chi connectivity index (χ0n) is 11.3. The van der Waals surface area contributed by atoms with Crippen LogP contribution in [0.2, 0.25) is 0 Å². The molecule has 5 heteroatoms. The first-order valence-corrected chi connectivity index (χ1v) is 7.38. The molecule has 0 heterocycles. The van der Waals surface area contributed by atoms with E-state index in [1.807, 2.05) is 12.1 Å². The Morgan fingerprint density at radius 1 is 1.25 bits per heavy atom. The van der Waals surface area contributed by atoms with Gasteiger partial charge in [-0.05, 0) is 43.4 Å². The summed E-state index contributed by atoms with van der Waals surface area (Å²) in [6.45, 7) is 0. The highest BCUT2D eigenvalue weighted by atomic mass is 35.5. The number of hydrogen-bond donors (Lipinski definition) is 2. The summed E-state index contributed by atoms with van der Waals surface area (Å²) in [6.07, 6.45) is 3.10. The van der Waals surface area contributed by atoms with Crippen LogP contribution >= 0.6 is 11.6 Å². The maximum absolute atomic E-state index is 12.2. The van der Waals surface area contributed by atoms with Crippen LogP contribution in [0.15, 0.2) is 24.3 Å². The normalized spacial score (nSPS) is 22.2. The zero-order valence-corrected chi connectivity index (χ0v) is 12.0. The number of nitrogens with one attached hydrogen (secondary N) is 1. The van der Waals surface area contributed by atoms with Crippen molar-refractivity contribution < 1.29 is 9.59 Å². The lowest BCUT2D eigenvalue weighted by molar-refractivity contribution is -0.122. The average Bonchev–Trinajstić information content (AvgIpc) is 2.47. The third-order valence-corrected chi connectivity index (χ3v) is 4.12. The van der Waals surface area contributed by atoms with Crippen LogP contribution < -0.4 is 11.1 Å². The molecule has 0 radical (unpaired) electrons. The Balaban J connectivity index is 1.90. The van der Waals surface area contributed by atoms with E-state index in [0.29, 0.717) is 11.4 Å². The van der Waals surface area contributed by atoms with Crippen LogP contribution in [0.3, 0.4) is 0 Å². The first kappa shape index (κ1) is 14.9. The Kier molecular flexibility index (Phi) is 5.01. The van der Waals surface area contributed by atoms with Crippen molar-refractivity contribution in [3.8, 4) is 0 Å². The molecule has 4 nitrogen and oxygen atoms in total. The van der Waals surface area contributed by atoms with E-state index in [9.17, 15) is 9.59 Å². The van der Waals surface area contributed by atoms with Gasteiger partial charge in [-0.15, -0.1) is 11.6 Å². The summed E-state index contributed by atoms with van der Waals surface area (Å²) in [5, 5.41) is 3.01. The second-order valence-electron chi connectivity index (χ2n) is 5.26. The minimum atomic E-state index is -0.232. The van der Waals surface area contributed by atoms with Gasteiger partial charge in [0.15, 0.2) is 0 Å². The molecule has 0 aliphatic heterocycles. The molecule has 2 rings (SSSR count). The van der Waals surface area contributed by atoms with Crippen LogP contribution in [0, 0.1) is 5.92 Å². The smallest absolute Gasteiger partial charge is 0.251 e. The van der Waals surface area contributed by atoms with Gasteiger partial charge >= 0.3 is 0 Å². The first-order valence-electron chi connectivity index (χ1n) is 6.85. The van der Waals surface area contributed by atoms with Gasteiger partial charge in [-0.1, -0.05) is 12.1 Å². The molecular weight excluding hydrogens is 276 g/mol. The van der Waals surface area contributed by atoms with E-state index in [1.54, 1.807) is 12.1 Å². The molecule has 20 heavy (non-hydrogen) atoms. The van der Waals surface area contributed by atoms with E-state index in [1.165, 1.54) is 0 Å². The number of nitrogens with two attached hydrogens (primary N) is 1. The number of amides is 2. The van der Waals surface area contributed by atoms with Crippen molar-refractivity contribution >= 4 is 23.4 Å². The van der Waals surface area contributed by atoms with E-state index in [0.717, 1.165) is 31.2 Å². The molecule has 0 spiro atoms. The van der Waals surface area contributed by atoms with Crippen molar-refractivity contribution in [1.82, 2.24) is 5.32 Å². The highest BCUT2D eigenvalue weighted by Crippen LogP contribution is 2.24. The maximum atomic E-state index is 12.2. The fourth-order valence-corrected chi connectivity index (χ4v) is 2.75. The monoisotopic (exact) mass is 294 g/mol. The number of benzene rings is 1. The molecule has 0 saturated heterocycles. The van der Waals surface area contributed by atoms with Gasteiger partial charge in [0.2, 0.25) is 5.91 Å². The Bertz CT molecular complexity index is 496. The lowest BCUT2D eigenvalue weighted by Gasteiger charge is -2.27. The highest BCUT2D eigenvalue weighted by molar-refractivity contribution is 6.17. The molecule has 0 aromatic heterocycles. The summed E-state index contributed by atoms with van der Waals surface area (Å²) >= 11 is 5.77. The molecule has 2 amide bonds. The number of carbonyl (C=O) groups excluding carboxylic acids is 2. The van der Waals surface area contributed by atoms with E-state index in [4.69, 9.17) is 17.3 Å².